The Morgan fingerprint density at radius 1 is 1.53 bits per heavy atom. The van der Waals surface area contributed by atoms with Crippen LogP contribution < -0.4 is 5.32 Å². The lowest BCUT2D eigenvalue weighted by atomic mass is 10.0. The molecule has 15 heavy (non-hydrogen) atoms. The fraction of sp³-hybridized carbons (Fsp3) is 0.462. The Bertz CT molecular complexity index is 269. The standard InChI is InChI=1S/C13H20N2/c1-3-4-7-13(14-2)9-8-12-6-5-10-15-11-12/h3,5-6,10-11,13-14H,1,4,7-9H2,2H3. The minimum absolute atomic E-state index is 0.586. The first kappa shape index (κ1) is 11.9. The van der Waals surface area contributed by atoms with Crippen molar-refractivity contribution in [1.29, 1.82) is 0 Å². The third-order valence-corrected chi connectivity index (χ3v) is 2.63. The molecule has 1 atom stereocenters. The summed E-state index contributed by atoms with van der Waals surface area (Å²) in [4.78, 5) is 4.11. The third kappa shape index (κ3) is 4.75. The normalized spacial score (nSPS) is 12.3. The molecule has 0 saturated heterocycles. The van der Waals surface area contributed by atoms with Gasteiger partial charge in [0.05, 0.1) is 0 Å². The third-order valence-electron chi connectivity index (χ3n) is 2.63. The van der Waals surface area contributed by atoms with E-state index in [0.717, 1.165) is 19.3 Å². The second-order valence-electron chi connectivity index (χ2n) is 3.75. The number of allylic oxidation sites excluding steroid dienone is 1. The van der Waals surface area contributed by atoms with Crippen molar-refractivity contribution < 1.29 is 0 Å². The summed E-state index contributed by atoms with van der Waals surface area (Å²) in [6, 6.07) is 4.71. The lowest BCUT2D eigenvalue weighted by Crippen LogP contribution is -2.25. The molecule has 0 radical (unpaired) electrons. The maximum absolute atomic E-state index is 4.11. The monoisotopic (exact) mass is 204 g/mol. The lowest BCUT2D eigenvalue weighted by molar-refractivity contribution is 0.493. The van der Waals surface area contributed by atoms with Crippen LogP contribution in [-0.2, 0) is 6.42 Å². The molecule has 0 aromatic carbocycles. The van der Waals surface area contributed by atoms with Crippen LogP contribution in [0.1, 0.15) is 24.8 Å². The minimum atomic E-state index is 0.586. The van der Waals surface area contributed by atoms with Crippen LogP contribution in [-0.4, -0.2) is 18.1 Å². The molecule has 0 aliphatic rings. The first-order chi connectivity index (χ1) is 7.36. The van der Waals surface area contributed by atoms with Gasteiger partial charge in [-0.15, -0.1) is 6.58 Å². The molecule has 0 fully saturated rings. The minimum Gasteiger partial charge on any atom is -0.317 e. The van der Waals surface area contributed by atoms with Crippen LogP contribution in [0.4, 0.5) is 0 Å². The van der Waals surface area contributed by atoms with Crippen LogP contribution in [0.5, 0.6) is 0 Å². The van der Waals surface area contributed by atoms with Gasteiger partial charge in [-0.1, -0.05) is 12.1 Å². The lowest BCUT2D eigenvalue weighted by Gasteiger charge is -2.14. The van der Waals surface area contributed by atoms with E-state index in [1.807, 2.05) is 31.6 Å². The Morgan fingerprint density at radius 3 is 3.00 bits per heavy atom. The molecule has 0 aliphatic heterocycles. The van der Waals surface area contributed by atoms with Crippen molar-refractivity contribution in [3.8, 4) is 0 Å². The van der Waals surface area contributed by atoms with Gasteiger partial charge in [0, 0.05) is 18.4 Å². The summed E-state index contributed by atoms with van der Waals surface area (Å²) in [6.45, 7) is 3.75. The molecule has 0 saturated carbocycles. The molecule has 1 rings (SSSR count). The number of rotatable bonds is 7. The number of aryl methyl sites for hydroxylation is 1. The first-order valence-electron chi connectivity index (χ1n) is 5.54. The Kier molecular flexibility index (Phi) is 5.71. The SMILES string of the molecule is C=CCCC(CCc1cccnc1)NC. The number of nitrogens with one attached hydrogen (secondary N) is 1. The van der Waals surface area contributed by atoms with Gasteiger partial charge >= 0.3 is 0 Å². The van der Waals surface area contributed by atoms with Gasteiger partial charge in [0.25, 0.3) is 0 Å². The number of hydrogen-bond acceptors (Lipinski definition) is 2. The topological polar surface area (TPSA) is 24.9 Å². The Morgan fingerprint density at radius 2 is 2.40 bits per heavy atom. The predicted molar refractivity (Wildman–Crippen MR) is 64.8 cm³/mol. The molecule has 1 aromatic heterocycles. The molecule has 1 heterocycles. The molecule has 82 valence electrons. The Labute approximate surface area is 92.4 Å². The zero-order valence-corrected chi connectivity index (χ0v) is 9.45. The highest BCUT2D eigenvalue weighted by Crippen LogP contribution is 2.07. The zero-order chi connectivity index (χ0) is 10.9. The van der Waals surface area contributed by atoms with Gasteiger partial charge in [-0.25, -0.2) is 0 Å². The molecule has 1 unspecified atom stereocenters. The molecular formula is C13H20N2. The largest absolute Gasteiger partial charge is 0.317 e. The van der Waals surface area contributed by atoms with Crippen LogP contribution in [0, 0.1) is 0 Å². The highest BCUT2D eigenvalue weighted by molar-refractivity contribution is 5.08. The van der Waals surface area contributed by atoms with E-state index in [4.69, 9.17) is 0 Å². The van der Waals surface area contributed by atoms with Gasteiger partial charge in [0.1, 0.15) is 0 Å². The van der Waals surface area contributed by atoms with Gasteiger partial charge in [0.2, 0.25) is 0 Å². The summed E-state index contributed by atoms with van der Waals surface area (Å²) in [5, 5.41) is 3.34. The van der Waals surface area contributed by atoms with Gasteiger partial charge in [-0.2, -0.15) is 0 Å². The van der Waals surface area contributed by atoms with E-state index in [1.165, 1.54) is 12.0 Å². The molecule has 0 aliphatic carbocycles. The molecular weight excluding hydrogens is 184 g/mol. The number of aromatic nitrogens is 1. The van der Waals surface area contributed by atoms with Crippen molar-refractivity contribution in [3.63, 3.8) is 0 Å². The fourth-order valence-electron chi connectivity index (χ4n) is 1.64. The van der Waals surface area contributed by atoms with E-state index in [1.54, 1.807) is 0 Å². The van der Waals surface area contributed by atoms with Gasteiger partial charge in [-0.05, 0) is 44.4 Å². The summed E-state index contributed by atoms with van der Waals surface area (Å²) < 4.78 is 0. The number of nitrogens with zero attached hydrogens (tertiary/aromatic N) is 1. The van der Waals surface area contributed by atoms with Crippen molar-refractivity contribution in [3.05, 3.63) is 42.7 Å². The van der Waals surface area contributed by atoms with Crippen molar-refractivity contribution in [2.75, 3.05) is 7.05 Å². The smallest absolute Gasteiger partial charge is 0.0299 e. The molecule has 1 N–H and O–H groups in total. The van der Waals surface area contributed by atoms with Gasteiger partial charge < -0.3 is 5.32 Å². The average molecular weight is 204 g/mol. The summed E-state index contributed by atoms with van der Waals surface area (Å²) in [5.41, 5.74) is 1.32. The van der Waals surface area contributed by atoms with E-state index in [0.29, 0.717) is 6.04 Å². The van der Waals surface area contributed by atoms with E-state index in [-0.39, 0.29) is 0 Å². The Balaban J connectivity index is 2.31. The number of pyridine rings is 1. The van der Waals surface area contributed by atoms with Crippen LogP contribution in [0.15, 0.2) is 37.2 Å². The molecule has 2 nitrogen and oxygen atoms in total. The summed E-state index contributed by atoms with van der Waals surface area (Å²) in [6.07, 6.45) is 10.2. The zero-order valence-electron chi connectivity index (χ0n) is 9.45. The second kappa shape index (κ2) is 7.18. The fourth-order valence-corrected chi connectivity index (χ4v) is 1.64. The van der Waals surface area contributed by atoms with E-state index >= 15 is 0 Å². The summed E-state index contributed by atoms with van der Waals surface area (Å²) >= 11 is 0. The molecule has 0 bridgehead atoms. The summed E-state index contributed by atoms with van der Waals surface area (Å²) in [5.74, 6) is 0. The predicted octanol–water partition coefficient (Wildman–Crippen LogP) is 2.57. The molecule has 1 aromatic rings. The highest BCUT2D eigenvalue weighted by Gasteiger charge is 2.04. The quantitative estimate of drug-likeness (QED) is 0.690. The maximum atomic E-state index is 4.11. The van der Waals surface area contributed by atoms with Gasteiger partial charge in [-0.3, -0.25) is 4.98 Å². The van der Waals surface area contributed by atoms with Crippen LogP contribution in [0.3, 0.4) is 0 Å². The van der Waals surface area contributed by atoms with Crippen LogP contribution in [0.25, 0.3) is 0 Å². The first-order valence-corrected chi connectivity index (χ1v) is 5.54. The molecule has 2 heteroatoms. The van der Waals surface area contributed by atoms with Crippen molar-refractivity contribution in [1.82, 2.24) is 10.3 Å². The van der Waals surface area contributed by atoms with Crippen LogP contribution in [0.2, 0.25) is 0 Å². The maximum Gasteiger partial charge on any atom is 0.0299 e. The van der Waals surface area contributed by atoms with E-state index in [2.05, 4.69) is 22.9 Å². The molecule has 0 spiro atoms. The Hall–Kier alpha value is -1.15. The average Bonchev–Trinajstić information content (AvgIpc) is 2.31. The van der Waals surface area contributed by atoms with E-state index < -0.39 is 0 Å². The van der Waals surface area contributed by atoms with Crippen molar-refractivity contribution >= 4 is 0 Å². The molecule has 0 amide bonds. The summed E-state index contributed by atoms with van der Waals surface area (Å²) in [7, 11) is 2.02. The van der Waals surface area contributed by atoms with E-state index in [9.17, 15) is 0 Å². The second-order valence-corrected chi connectivity index (χ2v) is 3.75. The van der Waals surface area contributed by atoms with Crippen molar-refractivity contribution in [2.24, 2.45) is 0 Å². The number of hydrogen-bond donors (Lipinski definition) is 1. The van der Waals surface area contributed by atoms with Gasteiger partial charge in [0.15, 0.2) is 0 Å². The highest BCUT2D eigenvalue weighted by atomic mass is 14.9. The van der Waals surface area contributed by atoms with Crippen molar-refractivity contribution in [2.45, 2.75) is 31.7 Å². The van der Waals surface area contributed by atoms with Crippen LogP contribution >= 0.6 is 0 Å².